The number of benzene rings is 1. The Labute approximate surface area is 120 Å². The molecule has 0 saturated carbocycles. The van der Waals surface area contributed by atoms with E-state index in [1.54, 1.807) is 0 Å². The van der Waals surface area contributed by atoms with Gasteiger partial charge in [0.25, 0.3) is 0 Å². The van der Waals surface area contributed by atoms with Crippen molar-refractivity contribution >= 4 is 6.09 Å². The quantitative estimate of drug-likeness (QED) is 0.664. The standard InChI is InChI=1S/C16H21NO3/c1-5-11-19-12-14(13-9-7-6-8-10-13)17-15(18)20-16(2,3)4/h1,6-10,14H,11-12H2,2-4H3,(H,17,18)/t14-/m1/s1. The van der Waals surface area contributed by atoms with Crippen LogP contribution in [0.5, 0.6) is 0 Å². The number of carbonyl (C=O) groups is 1. The second kappa shape index (κ2) is 7.56. The fourth-order valence-corrected chi connectivity index (χ4v) is 1.59. The summed E-state index contributed by atoms with van der Waals surface area (Å²) in [5.41, 5.74) is 0.403. The Kier molecular flexibility index (Phi) is 6.08. The zero-order chi connectivity index (χ0) is 15.0. The van der Waals surface area contributed by atoms with Crippen LogP contribution in [-0.2, 0) is 9.47 Å². The minimum absolute atomic E-state index is 0.208. The number of ether oxygens (including phenoxy) is 2. The molecule has 0 aromatic heterocycles. The van der Waals surface area contributed by atoms with E-state index >= 15 is 0 Å². The Hall–Kier alpha value is -1.99. The van der Waals surface area contributed by atoms with Gasteiger partial charge >= 0.3 is 6.09 Å². The summed E-state index contributed by atoms with van der Waals surface area (Å²) in [5.74, 6) is 2.40. The summed E-state index contributed by atoms with van der Waals surface area (Å²) in [5, 5.41) is 2.79. The van der Waals surface area contributed by atoms with E-state index in [1.165, 1.54) is 0 Å². The van der Waals surface area contributed by atoms with Crippen molar-refractivity contribution in [3.05, 3.63) is 35.9 Å². The lowest BCUT2D eigenvalue weighted by Crippen LogP contribution is -2.36. The van der Waals surface area contributed by atoms with E-state index in [4.69, 9.17) is 15.9 Å². The molecule has 0 aliphatic heterocycles. The van der Waals surface area contributed by atoms with Crippen LogP contribution in [0.15, 0.2) is 30.3 Å². The molecule has 1 aromatic rings. The molecule has 0 bridgehead atoms. The summed E-state index contributed by atoms with van der Waals surface area (Å²) in [4.78, 5) is 11.8. The second-order valence-corrected chi connectivity index (χ2v) is 5.33. The summed E-state index contributed by atoms with van der Waals surface area (Å²) in [6, 6.07) is 9.26. The first-order valence-corrected chi connectivity index (χ1v) is 6.48. The van der Waals surface area contributed by atoms with Crippen molar-refractivity contribution in [1.82, 2.24) is 5.32 Å². The van der Waals surface area contributed by atoms with Gasteiger partial charge in [-0.15, -0.1) is 6.42 Å². The number of alkyl carbamates (subject to hydrolysis) is 1. The summed E-state index contributed by atoms with van der Waals surface area (Å²) >= 11 is 0. The van der Waals surface area contributed by atoms with E-state index in [0.717, 1.165) is 5.56 Å². The summed E-state index contributed by atoms with van der Waals surface area (Å²) < 4.78 is 10.6. The first-order chi connectivity index (χ1) is 9.42. The molecule has 1 N–H and O–H groups in total. The number of terminal acetylenes is 1. The lowest BCUT2D eigenvalue weighted by molar-refractivity contribution is 0.0457. The average molecular weight is 275 g/mol. The van der Waals surface area contributed by atoms with Gasteiger partial charge in [0.05, 0.1) is 12.6 Å². The third-order valence-electron chi connectivity index (χ3n) is 2.36. The molecule has 0 heterocycles. The van der Waals surface area contributed by atoms with E-state index in [1.807, 2.05) is 51.1 Å². The Bertz CT molecular complexity index is 457. The van der Waals surface area contributed by atoms with Crippen molar-refractivity contribution in [1.29, 1.82) is 0 Å². The van der Waals surface area contributed by atoms with Crippen LogP contribution in [-0.4, -0.2) is 24.9 Å². The fraction of sp³-hybridized carbons (Fsp3) is 0.438. The zero-order valence-electron chi connectivity index (χ0n) is 12.2. The Balaban J connectivity index is 2.68. The predicted molar refractivity (Wildman–Crippen MR) is 78.2 cm³/mol. The van der Waals surface area contributed by atoms with Crippen LogP contribution >= 0.6 is 0 Å². The van der Waals surface area contributed by atoms with Crippen molar-refractivity contribution in [2.75, 3.05) is 13.2 Å². The molecule has 0 radical (unpaired) electrons. The Morgan fingerprint density at radius 1 is 1.35 bits per heavy atom. The molecular weight excluding hydrogens is 254 g/mol. The van der Waals surface area contributed by atoms with Crippen molar-refractivity contribution < 1.29 is 14.3 Å². The normalized spacial score (nSPS) is 12.3. The number of hydrogen-bond donors (Lipinski definition) is 1. The van der Waals surface area contributed by atoms with Crippen molar-refractivity contribution in [3.63, 3.8) is 0 Å². The van der Waals surface area contributed by atoms with E-state index in [2.05, 4.69) is 11.2 Å². The van der Waals surface area contributed by atoms with Gasteiger partial charge in [-0.3, -0.25) is 0 Å². The van der Waals surface area contributed by atoms with Crippen LogP contribution in [0.1, 0.15) is 32.4 Å². The second-order valence-electron chi connectivity index (χ2n) is 5.33. The molecule has 1 aromatic carbocycles. The number of amides is 1. The highest BCUT2D eigenvalue weighted by Crippen LogP contribution is 2.15. The van der Waals surface area contributed by atoms with Gasteiger partial charge in [0.1, 0.15) is 12.2 Å². The molecular formula is C16H21NO3. The molecule has 1 amide bonds. The smallest absolute Gasteiger partial charge is 0.408 e. The molecule has 1 atom stereocenters. The van der Waals surface area contributed by atoms with Gasteiger partial charge in [-0.25, -0.2) is 4.79 Å². The Morgan fingerprint density at radius 2 is 2.00 bits per heavy atom. The average Bonchev–Trinajstić information content (AvgIpc) is 2.37. The molecule has 108 valence electrons. The zero-order valence-corrected chi connectivity index (χ0v) is 12.2. The Morgan fingerprint density at radius 3 is 2.55 bits per heavy atom. The maximum Gasteiger partial charge on any atom is 0.408 e. The van der Waals surface area contributed by atoms with Crippen molar-refractivity contribution in [2.24, 2.45) is 0 Å². The molecule has 0 aliphatic carbocycles. The van der Waals surface area contributed by atoms with Gasteiger partial charge in [-0.2, -0.15) is 0 Å². The number of nitrogens with one attached hydrogen (secondary N) is 1. The highest BCUT2D eigenvalue weighted by Gasteiger charge is 2.20. The van der Waals surface area contributed by atoms with Gasteiger partial charge < -0.3 is 14.8 Å². The summed E-state index contributed by atoms with van der Waals surface area (Å²) in [6.45, 7) is 5.96. The third-order valence-corrected chi connectivity index (χ3v) is 2.36. The molecule has 0 unspecified atom stereocenters. The van der Waals surface area contributed by atoms with Crippen LogP contribution in [0.2, 0.25) is 0 Å². The van der Waals surface area contributed by atoms with Gasteiger partial charge in [-0.05, 0) is 26.3 Å². The van der Waals surface area contributed by atoms with Crippen LogP contribution in [0.4, 0.5) is 4.79 Å². The molecule has 4 heteroatoms. The van der Waals surface area contributed by atoms with Gasteiger partial charge in [0, 0.05) is 0 Å². The summed E-state index contributed by atoms with van der Waals surface area (Å²) in [6.07, 6.45) is 4.67. The molecule has 4 nitrogen and oxygen atoms in total. The monoisotopic (exact) mass is 275 g/mol. The SMILES string of the molecule is C#CCOC[C@@H](NC(=O)OC(C)(C)C)c1ccccc1. The predicted octanol–water partition coefficient (Wildman–Crippen LogP) is 2.90. The first kappa shape index (κ1) is 16.1. The van der Waals surface area contributed by atoms with E-state index in [-0.39, 0.29) is 12.6 Å². The largest absolute Gasteiger partial charge is 0.444 e. The minimum Gasteiger partial charge on any atom is -0.444 e. The molecule has 0 fully saturated rings. The van der Waals surface area contributed by atoms with E-state index in [9.17, 15) is 4.79 Å². The molecule has 1 rings (SSSR count). The highest BCUT2D eigenvalue weighted by molar-refractivity contribution is 5.68. The van der Waals surface area contributed by atoms with Crippen LogP contribution < -0.4 is 5.32 Å². The lowest BCUT2D eigenvalue weighted by atomic mass is 10.1. The fourth-order valence-electron chi connectivity index (χ4n) is 1.59. The maximum atomic E-state index is 11.8. The maximum absolute atomic E-state index is 11.8. The third kappa shape index (κ3) is 6.26. The number of carbonyl (C=O) groups excluding carboxylic acids is 1. The lowest BCUT2D eigenvalue weighted by Gasteiger charge is -2.23. The van der Waals surface area contributed by atoms with E-state index < -0.39 is 11.7 Å². The van der Waals surface area contributed by atoms with Crippen molar-refractivity contribution in [3.8, 4) is 12.3 Å². The van der Waals surface area contributed by atoms with Gasteiger partial charge in [0.2, 0.25) is 0 Å². The molecule has 0 aliphatic rings. The van der Waals surface area contributed by atoms with Crippen LogP contribution in [0.3, 0.4) is 0 Å². The minimum atomic E-state index is -0.537. The van der Waals surface area contributed by atoms with Crippen LogP contribution in [0, 0.1) is 12.3 Å². The molecule has 0 spiro atoms. The number of rotatable bonds is 5. The van der Waals surface area contributed by atoms with Gasteiger partial charge in [-0.1, -0.05) is 36.3 Å². The van der Waals surface area contributed by atoms with Gasteiger partial charge in [0.15, 0.2) is 0 Å². The first-order valence-electron chi connectivity index (χ1n) is 6.48. The topological polar surface area (TPSA) is 47.6 Å². The van der Waals surface area contributed by atoms with E-state index in [0.29, 0.717) is 6.61 Å². The molecule has 0 saturated heterocycles. The van der Waals surface area contributed by atoms with Crippen LogP contribution in [0.25, 0.3) is 0 Å². The highest BCUT2D eigenvalue weighted by atomic mass is 16.6. The summed E-state index contributed by atoms with van der Waals surface area (Å²) in [7, 11) is 0. The molecule has 20 heavy (non-hydrogen) atoms. The van der Waals surface area contributed by atoms with Crippen molar-refractivity contribution in [2.45, 2.75) is 32.4 Å². The number of hydrogen-bond acceptors (Lipinski definition) is 3.